The second-order valence-corrected chi connectivity index (χ2v) is 5.50. The summed E-state index contributed by atoms with van der Waals surface area (Å²) >= 11 is 0. The first-order valence-corrected chi connectivity index (χ1v) is 6.71. The Labute approximate surface area is 119 Å². The molecule has 0 saturated heterocycles. The van der Waals surface area contributed by atoms with E-state index >= 15 is 0 Å². The summed E-state index contributed by atoms with van der Waals surface area (Å²) in [6, 6.07) is 0. The number of hydrogen-bond acceptors (Lipinski definition) is 5. The molecule has 112 valence electrons. The van der Waals surface area contributed by atoms with Crippen LogP contribution in [0.1, 0.15) is 34.1 Å². The van der Waals surface area contributed by atoms with Crippen LogP contribution in [0, 0.1) is 0 Å². The van der Waals surface area contributed by atoms with E-state index in [4.69, 9.17) is 0 Å². The van der Waals surface area contributed by atoms with Crippen molar-refractivity contribution in [2.75, 3.05) is 25.1 Å². The molecule has 1 rings (SSSR count). The van der Waals surface area contributed by atoms with Crippen LogP contribution in [-0.4, -0.2) is 35.7 Å². The van der Waals surface area contributed by atoms with Crippen LogP contribution in [0.5, 0.6) is 0 Å². The first-order chi connectivity index (χ1) is 9.31. The van der Waals surface area contributed by atoms with Crippen LogP contribution in [0.2, 0.25) is 0 Å². The van der Waals surface area contributed by atoms with E-state index in [2.05, 4.69) is 9.72 Å². The van der Waals surface area contributed by atoms with E-state index in [-0.39, 0.29) is 23.5 Å². The van der Waals surface area contributed by atoms with Crippen molar-refractivity contribution in [3.8, 4) is 0 Å². The Morgan fingerprint density at radius 1 is 1.45 bits per heavy atom. The predicted octanol–water partition coefficient (Wildman–Crippen LogP) is 1.39. The molecule has 0 radical (unpaired) electrons. The molecule has 0 fully saturated rings. The number of hydrogen-bond donors (Lipinski definition) is 0. The molecule has 0 aliphatic carbocycles. The van der Waals surface area contributed by atoms with Crippen molar-refractivity contribution in [2.24, 2.45) is 0 Å². The molecule has 0 bridgehead atoms. The normalized spacial score (nSPS) is 11.2. The third-order valence-corrected chi connectivity index (χ3v) is 3.04. The Hall–Kier alpha value is -1.85. The van der Waals surface area contributed by atoms with Crippen LogP contribution < -0.4 is 10.5 Å². The average Bonchev–Trinajstić information content (AvgIpc) is 2.39. The highest BCUT2D eigenvalue weighted by Gasteiger charge is 2.19. The van der Waals surface area contributed by atoms with Crippen molar-refractivity contribution >= 4 is 11.8 Å². The van der Waals surface area contributed by atoms with Gasteiger partial charge in [0.1, 0.15) is 0 Å². The predicted molar refractivity (Wildman–Crippen MR) is 78.0 cm³/mol. The standard InChI is InChI=1S/C14H23N3O3/c1-6-16(9-7-11(18)20-5)12-13(19)17(10-8-15-12)14(2,3)4/h8,10H,6-7,9H2,1-5H3. The molecule has 1 aromatic rings. The van der Waals surface area contributed by atoms with Crippen LogP contribution in [0.3, 0.4) is 0 Å². The second-order valence-electron chi connectivity index (χ2n) is 5.50. The van der Waals surface area contributed by atoms with Crippen molar-refractivity contribution in [1.82, 2.24) is 9.55 Å². The fourth-order valence-corrected chi connectivity index (χ4v) is 1.89. The number of carbonyl (C=O) groups excluding carboxylic acids is 1. The average molecular weight is 281 g/mol. The highest BCUT2D eigenvalue weighted by molar-refractivity contribution is 5.69. The number of methoxy groups -OCH3 is 1. The maximum atomic E-state index is 12.5. The van der Waals surface area contributed by atoms with Gasteiger partial charge in [-0.1, -0.05) is 0 Å². The summed E-state index contributed by atoms with van der Waals surface area (Å²) < 4.78 is 6.27. The van der Waals surface area contributed by atoms with Gasteiger partial charge in [0.25, 0.3) is 5.56 Å². The number of anilines is 1. The van der Waals surface area contributed by atoms with Gasteiger partial charge >= 0.3 is 5.97 Å². The summed E-state index contributed by atoms with van der Waals surface area (Å²) in [5, 5.41) is 0. The van der Waals surface area contributed by atoms with Gasteiger partial charge in [-0.05, 0) is 27.7 Å². The van der Waals surface area contributed by atoms with E-state index in [9.17, 15) is 9.59 Å². The van der Waals surface area contributed by atoms with E-state index in [0.717, 1.165) is 0 Å². The van der Waals surface area contributed by atoms with Gasteiger partial charge in [0, 0.05) is 31.0 Å². The molecule has 0 spiro atoms. The minimum absolute atomic E-state index is 0.147. The van der Waals surface area contributed by atoms with Crippen molar-refractivity contribution < 1.29 is 9.53 Å². The first kappa shape index (κ1) is 16.2. The van der Waals surface area contributed by atoms with Crippen molar-refractivity contribution in [2.45, 2.75) is 39.7 Å². The lowest BCUT2D eigenvalue weighted by Crippen LogP contribution is -2.39. The van der Waals surface area contributed by atoms with Gasteiger partial charge in [0.2, 0.25) is 0 Å². The lowest BCUT2D eigenvalue weighted by atomic mass is 10.1. The molecule has 1 aromatic heterocycles. The highest BCUT2D eigenvalue weighted by Crippen LogP contribution is 2.12. The van der Waals surface area contributed by atoms with Crippen LogP contribution in [0.25, 0.3) is 0 Å². The lowest BCUT2D eigenvalue weighted by Gasteiger charge is -2.26. The summed E-state index contributed by atoms with van der Waals surface area (Å²) in [5.74, 6) is 0.0735. The van der Waals surface area contributed by atoms with E-state index < -0.39 is 0 Å². The Morgan fingerprint density at radius 2 is 2.10 bits per heavy atom. The molecule has 0 aliphatic rings. The molecule has 0 N–H and O–H groups in total. The Balaban J connectivity index is 3.05. The molecule has 6 heteroatoms. The van der Waals surface area contributed by atoms with Gasteiger partial charge in [-0.25, -0.2) is 4.98 Å². The molecule has 1 heterocycles. The van der Waals surface area contributed by atoms with Crippen LogP contribution in [0.15, 0.2) is 17.2 Å². The fourth-order valence-electron chi connectivity index (χ4n) is 1.89. The van der Waals surface area contributed by atoms with Crippen LogP contribution in [-0.2, 0) is 15.1 Å². The van der Waals surface area contributed by atoms with Crippen LogP contribution in [0.4, 0.5) is 5.82 Å². The summed E-state index contributed by atoms with van der Waals surface area (Å²) in [6.07, 6.45) is 3.53. The summed E-state index contributed by atoms with van der Waals surface area (Å²) in [6.45, 7) is 8.83. The first-order valence-electron chi connectivity index (χ1n) is 6.71. The molecular weight excluding hydrogens is 258 g/mol. The lowest BCUT2D eigenvalue weighted by molar-refractivity contribution is -0.140. The fraction of sp³-hybridized carbons (Fsp3) is 0.643. The van der Waals surface area contributed by atoms with Crippen molar-refractivity contribution in [3.05, 3.63) is 22.7 Å². The number of aromatic nitrogens is 2. The molecule has 0 aromatic carbocycles. The Kier molecular flexibility index (Phi) is 5.30. The minimum atomic E-state index is -0.309. The molecule has 0 atom stereocenters. The Bertz CT molecular complexity index is 517. The van der Waals surface area contributed by atoms with Gasteiger partial charge in [-0.2, -0.15) is 0 Å². The van der Waals surface area contributed by atoms with E-state index in [0.29, 0.717) is 18.9 Å². The maximum Gasteiger partial charge on any atom is 0.307 e. The monoisotopic (exact) mass is 281 g/mol. The van der Waals surface area contributed by atoms with Gasteiger partial charge in [-0.3, -0.25) is 9.59 Å². The molecule has 6 nitrogen and oxygen atoms in total. The number of rotatable bonds is 5. The zero-order valence-electron chi connectivity index (χ0n) is 12.8. The number of ether oxygens (including phenoxy) is 1. The summed E-state index contributed by atoms with van der Waals surface area (Å²) in [5.41, 5.74) is -0.456. The van der Waals surface area contributed by atoms with Crippen molar-refractivity contribution in [1.29, 1.82) is 0 Å². The van der Waals surface area contributed by atoms with Crippen LogP contribution >= 0.6 is 0 Å². The smallest absolute Gasteiger partial charge is 0.307 e. The Morgan fingerprint density at radius 3 is 2.60 bits per heavy atom. The third kappa shape index (κ3) is 3.82. The number of esters is 1. The summed E-state index contributed by atoms with van der Waals surface area (Å²) in [7, 11) is 1.35. The van der Waals surface area contributed by atoms with Gasteiger partial charge in [0.15, 0.2) is 5.82 Å². The molecule has 0 aliphatic heterocycles. The van der Waals surface area contributed by atoms with Gasteiger partial charge in [0.05, 0.1) is 13.5 Å². The van der Waals surface area contributed by atoms with Gasteiger partial charge < -0.3 is 14.2 Å². The topological polar surface area (TPSA) is 64.4 Å². The number of nitrogens with zero attached hydrogens (tertiary/aromatic N) is 3. The molecule has 20 heavy (non-hydrogen) atoms. The zero-order valence-corrected chi connectivity index (χ0v) is 12.8. The highest BCUT2D eigenvalue weighted by atomic mass is 16.5. The molecule has 0 saturated carbocycles. The van der Waals surface area contributed by atoms with E-state index in [1.165, 1.54) is 7.11 Å². The largest absolute Gasteiger partial charge is 0.469 e. The summed E-state index contributed by atoms with van der Waals surface area (Å²) in [4.78, 5) is 29.7. The second kappa shape index (κ2) is 6.54. The molecule has 0 amide bonds. The molecule has 0 unspecified atom stereocenters. The van der Waals surface area contributed by atoms with E-state index in [1.54, 1.807) is 21.9 Å². The minimum Gasteiger partial charge on any atom is -0.469 e. The van der Waals surface area contributed by atoms with Gasteiger partial charge in [-0.15, -0.1) is 0 Å². The third-order valence-electron chi connectivity index (χ3n) is 3.04. The molecular formula is C14H23N3O3. The SMILES string of the molecule is CCN(CCC(=O)OC)c1nccn(C(C)(C)C)c1=O. The number of carbonyl (C=O) groups is 1. The van der Waals surface area contributed by atoms with E-state index in [1.807, 2.05) is 27.7 Å². The van der Waals surface area contributed by atoms with Crippen molar-refractivity contribution in [3.63, 3.8) is 0 Å². The quantitative estimate of drug-likeness (QED) is 0.763. The zero-order chi connectivity index (χ0) is 15.3. The maximum absolute atomic E-state index is 12.5.